The molecule has 0 fully saturated rings. The van der Waals surface area contributed by atoms with Gasteiger partial charge in [-0.2, -0.15) is 0 Å². The maximum Gasteiger partial charge on any atom is 0.122 e. The highest BCUT2D eigenvalue weighted by molar-refractivity contribution is 5.48. The van der Waals surface area contributed by atoms with E-state index in [1.54, 1.807) is 0 Å². The molecule has 1 unspecified atom stereocenters. The topological polar surface area (TPSA) is 20.2 Å². The number of unbranched alkanes of at least 4 members (excludes halogenated alkanes) is 11. The molecule has 0 bridgehead atoms. The minimum atomic E-state index is 0.0641. The van der Waals surface area contributed by atoms with Crippen LogP contribution in [0.4, 0.5) is 0 Å². The van der Waals surface area contributed by atoms with Gasteiger partial charge in [-0.05, 0) is 41.7 Å². The van der Waals surface area contributed by atoms with Crippen molar-refractivity contribution in [3.63, 3.8) is 0 Å². The molecule has 1 aromatic rings. The average molecular weight is 417 g/mol. The van der Waals surface area contributed by atoms with Crippen molar-refractivity contribution in [3.8, 4) is 5.75 Å². The van der Waals surface area contributed by atoms with Crippen LogP contribution in [0, 0.1) is 6.92 Å². The fourth-order valence-corrected chi connectivity index (χ4v) is 4.53. The second kappa shape index (κ2) is 13.4. The normalized spacial score (nSPS) is 14.1. The molecule has 0 saturated heterocycles. The summed E-state index contributed by atoms with van der Waals surface area (Å²) in [6.07, 6.45) is 18.9. The number of hydrogen-bond donors (Lipinski definition) is 1. The number of rotatable bonds is 15. The van der Waals surface area contributed by atoms with Gasteiger partial charge in [-0.25, -0.2) is 0 Å². The number of hydrogen-bond acceptors (Lipinski definition) is 1. The van der Waals surface area contributed by atoms with Gasteiger partial charge in [-0.15, -0.1) is 0 Å². The van der Waals surface area contributed by atoms with Crippen LogP contribution in [-0.2, 0) is 10.8 Å². The number of aromatic hydroxyl groups is 1. The summed E-state index contributed by atoms with van der Waals surface area (Å²) in [6.45, 7) is 15.8. The molecule has 1 rings (SSSR count). The lowest BCUT2D eigenvalue weighted by Gasteiger charge is -2.32. The van der Waals surface area contributed by atoms with Gasteiger partial charge in [0, 0.05) is 5.56 Å². The van der Waals surface area contributed by atoms with E-state index in [1.165, 1.54) is 89.0 Å². The van der Waals surface area contributed by atoms with Crippen molar-refractivity contribution >= 4 is 0 Å². The summed E-state index contributed by atoms with van der Waals surface area (Å²) in [4.78, 5) is 0. The third-order valence-electron chi connectivity index (χ3n) is 7.18. The summed E-state index contributed by atoms with van der Waals surface area (Å²) in [5.41, 5.74) is 3.69. The molecule has 0 amide bonds. The Balaban J connectivity index is 2.44. The number of phenolic OH excluding ortho intramolecular Hbond substituents is 1. The first kappa shape index (κ1) is 27.1. The van der Waals surface area contributed by atoms with Gasteiger partial charge in [0.15, 0.2) is 0 Å². The molecule has 1 N–H and O–H groups in total. The minimum absolute atomic E-state index is 0.0641. The summed E-state index contributed by atoms with van der Waals surface area (Å²) < 4.78 is 0. The maximum absolute atomic E-state index is 10.8. The monoisotopic (exact) mass is 416 g/mol. The second-order valence-electron chi connectivity index (χ2n) is 11.0. The molecule has 30 heavy (non-hydrogen) atoms. The van der Waals surface area contributed by atoms with E-state index >= 15 is 0 Å². The van der Waals surface area contributed by atoms with Gasteiger partial charge in [-0.3, -0.25) is 0 Å². The Labute approximate surface area is 189 Å². The molecule has 0 aliphatic rings. The van der Waals surface area contributed by atoms with Crippen LogP contribution in [-0.4, -0.2) is 5.11 Å². The molecular weight excluding hydrogens is 364 g/mol. The third kappa shape index (κ3) is 9.03. The lowest BCUT2D eigenvalue weighted by molar-refractivity contribution is 0.367. The molecule has 0 aromatic heterocycles. The molecule has 0 spiro atoms. The number of benzene rings is 1. The zero-order chi connectivity index (χ0) is 22.6. The van der Waals surface area contributed by atoms with Crippen LogP contribution < -0.4 is 0 Å². The molecule has 0 heterocycles. The summed E-state index contributed by atoms with van der Waals surface area (Å²) in [5.74, 6) is 0.520. The number of aryl methyl sites for hydroxylation is 1. The smallest absolute Gasteiger partial charge is 0.122 e. The van der Waals surface area contributed by atoms with E-state index in [1.807, 2.05) is 6.92 Å². The quantitative estimate of drug-likeness (QED) is 0.282. The Morgan fingerprint density at radius 2 is 1.17 bits per heavy atom. The number of phenols is 1. The van der Waals surface area contributed by atoms with Crippen molar-refractivity contribution in [1.82, 2.24) is 0 Å². The zero-order valence-electron chi connectivity index (χ0n) is 21.5. The first-order chi connectivity index (χ1) is 14.2. The Hall–Kier alpha value is -0.980. The largest absolute Gasteiger partial charge is 0.507 e. The van der Waals surface area contributed by atoms with Crippen LogP contribution in [0.5, 0.6) is 5.75 Å². The van der Waals surface area contributed by atoms with E-state index in [0.717, 1.165) is 17.5 Å². The highest BCUT2D eigenvalue weighted by Crippen LogP contribution is 2.42. The van der Waals surface area contributed by atoms with E-state index in [2.05, 4.69) is 53.7 Å². The van der Waals surface area contributed by atoms with Crippen molar-refractivity contribution in [1.29, 1.82) is 0 Å². The lowest BCUT2D eigenvalue weighted by atomic mass is 9.73. The lowest BCUT2D eigenvalue weighted by Crippen LogP contribution is -2.23. The molecule has 0 aliphatic carbocycles. The van der Waals surface area contributed by atoms with E-state index in [-0.39, 0.29) is 10.8 Å². The van der Waals surface area contributed by atoms with Crippen LogP contribution in [0.3, 0.4) is 0 Å². The first-order valence-electron chi connectivity index (χ1n) is 13.0. The fraction of sp³-hybridized carbons (Fsp3) is 0.793. The first-order valence-corrected chi connectivity index (χ1v) is 13.0. The molecule has 0 aliphatic heterocycles. The molecule has 174 valence electrons. The standard InChI is InChI=1S/C29H52O/c1-8-10-11-12-13-14-15-16-17-18-19-20-21-29(7,9-2)26-23-25(28(4,5)6)22-24(3)27(26)30/h22-23,30H,8-21H2,1-7H3. The Morgan fingerprint density at radius 1 is 0.700 bits per heavy atom. The van der Waals surface area contributed by atoms with Crippen LogP contribution >= 0.6 is 0 Å². The van der Waals surface area contributed by atoms with Crippen molar-refractivity contribution in [2.24, 2.45) is 0 Å². The molecular formula is C29H52O. The predicted molar refractivity (Wildman–Crippen MR) is 135 cm³/mol. The molecule has 0 radical (unpaired) electrons. The van der Waals surface area contributed by atoms with Gasteiger partial charge >= 0.3 is 0 Å². The van der Waals surface area contributed by atoms with Gasteiger partial charge in [0.05, 0.1) is 0 Å². The predicted octanol–water partition coefficient (Wildman–Crippen LogP) is 9.76. The summed E-state index contributed by atoms with van der Waals surface area (Å²) >= 11 is 0. The third-order valence-corrected chi connectivity index (χ3v) is 7.18. The fourth-order valence-electron chi connectivity index (χ4n) is 4.53. The molecule has 1 aromatic carbocycles. The van der Waals surface area contributed by atoms with Crippen LogP contribution in [0.15, 0.2) is 12.1 Å². The Morgan fingerprint density at radius 3 is 1.60 bits per heavy atom. The summed E-state index contributed by atoms with van der Waals surface area (Å²) in [6, 6.07) is 4.45. The highest BCUT2D eigenvalue weighted by atomic mass is 16.3. The van der Waals surface area contributed by atoms with E-state index < -0.39 is 0 Å². The SMILES string of the molecule is CCCCCCCCCCCCCCC(C)(CC)c1cc(C(C)(C)C)cc(C)c1O. The maximum atomic E-state index is 10.8. The zero-order valence-corrected chi connectivity index (χ0v) is 21.5. The van der Waals surface area contributed by atoms with Gasteiger partial charge < -0.3 is 5.11 Å². The van der Waals surface area contributed by atoms with Crippen LogP contribution in [0.1, 0.15) is 148 Å². The molecule has 1 nitrogen and oxygen atoms in total. The highest BCUT2D eigenvalue weighted by Gasteiger charge is 2.29. The van der Waals surface area contributed by atoms with Gasteiger partial charge in [0.1, 0.15) is 5.75 Å². The average Bonchev–Trinajstić information content (AvgIpc) is 2.69. The van der Waals surface area contributed by atoms with Gasteiger partial charge in [0.25, 0.3) is 0 Å². The van der Waals surface area contributed by atoms with E-state index in [4.69, 9.17) is 0 Å². The Bertz CT molecular complexity index is 595. The molecule has 0 saturated carbocycles. The van der Waals surface area contributed by atoms with Crippen LogP contribution in [0.2, 0.25) is 0 Å². The molecule has 1 atom stereocenters. The second-order valence-corrected chi connectivity index (χ2v) is 11.0. The van der Waals surface area contributed by atoms with Crippen molar-refractivity contribution in [3.05, 3.63) is 28.8 Å². The summed E-state index contributed by atoms with van der Waals surface area (Å²) in [7, 11) is 0. The van der Waals surface area contributed by atoms with Crippen molar-refractivity contribution in [2.45, 2.75) is 149 Å². The van der Waals surface area contributed by atoms with E-state index in [0.29, 0.717) is 5.75 Å². The minimum Gasteiger partial charge on any atom is -0.507 e. The van der Waals surface area contributed by atoms with Gasteiger partial charge in [-0.1, -0.05) is 131 Å². The Kier molecular flexibility index (Phi) is 12.1. The summed E-state index contributed by atoms with van der Waals surface area (Å²) in [5, 5.41) is 10.8. The molecule has 1 heteroatoms. The van der Waals surface area contributed by atoms with Crippen molar-refractivity contribution < 1.29 is 5.11 Å². The van der Waals surface area contributed by atoms with Gasteiger partial charge in [0.2, 0.25) is 0 Å². The van der Waals surface area contributed by atoms with E-state index in [9.17, 15) is 5.11 Å². The van der Waals surface area contributed by atoms with Crippen LogP contribution in [0.25, 0.3) is 0 Å². The van der Waals surface area contributed by atoms with Crippen molar-refractivity contribution in [2.75, 3.05) is 0 Å².